The van der Waals surface area contributed by atoms with E-state index in [0.29, 0.717) is 18.3 Å². The topological polar surface area (TPSA) is 55.7 Å². The normalized spacial score (nSPS) is 19.0. The van der Waals surface area contributed by atoms with Crippen molar-refractivity contribution in [2.45, 2.75) is 25.8 Å². The minimum atomic E-state index is 0.314. The standard InChI is InChI=1S/C20H28N2O2/c23-15-17-3-1-9-22(14-17)10-2-8-21-13-16-4-5-19-12-20(24)7-6-18(19)11-16/h4-7,11-12,17,21,23-24H,1-3,8-10,13-15H2. The molecule has 0 radical (unpaired) electrons. The molecule has 24 heavy (non-hydrogen) atoms. The summed E-state index contributed by atoms with van der Waals surface area (Å²) in [6, 6.07) is 11.9. The number of nitrogens with zero attached hydrogens (tertiary/aromatic N) is 1. The van der Waals surface area contributed by atoms with Crippen molar-refractivity contribution in [1.82, 2.24) is 10.2 Å². The first kappa shape index (κ1) is 17.2. The first-order chi connectivity index (χ1) is 11.7. The molecule has 130 valence electrons. The molecule has 3 N–H and O–H groups in total. The molecule has 0 saturated carbocycles. The Bertz CT molecular complexity index is 659. The average molecular weight is 328 g/mol. The fourth-order valence-corrected chi connectivity index (χ4v) is 3.56. The van der Waals surface area contributed by atoms with Crippen LogP contribution in [0.4, 0.5) is 0 Å². The molecule has 1 atom stereocenters. The summed E-state index contributed by atoms with van der Waals surface area (Å²) >= 11 is 0. The molecule has 4 nitrogen and oxygen atoms in total. The Morgan fingerprint density at radius 3 is 2.83 bits per heavy atom. The summed E-state index contributed by atoms with van der Waals surface area (Å²) in [5.41, 5.74) is 1.27. The molecule has 1 saturated heterocycles. The molecular weight excluding hydrogens is 300 g/mol. The summed E-state index contributed by atoms with van der Waals surface area (Å²) in [4.78, 5) is 2.48. The smallest absolute Gasteiger partial charge is 0.116 e. The minimum absolute atomic E-state index is 0.314. The molecule has 1 unspecified atom stereocenters. The van der Waals surface area contributed by atoms with Crippen LogP contribution >= 0.6 is 0 Å². The number of hydrogen-bond acceptors (Lipinski definition) is 4. The van der Waals surface area contributed by atoms with Crippen LogP contribution in [0.1, 0.15) is 24.8 Å². The number of rotatable bonds is 7. The lowest BCUT2D eigenvalue weighted by Gasteiger charge is -2.31. The maximum atomic E-state index is 9.51. The highest BCUT2D eigenvalue weighted by Gasteiger charge is 2.18. The maximum absolute atomic E-state index is 9.51. The van der Waals surface area contributed by atoms with Gasteiger partial charge in [-0.15, -0.1) is 0 Å². The largest absolute Gasteiger partial charge is 0.508 e. The highest BCUT2D eigenvalue weighted by molar-refractivity contribution is 5.84. The molecule has 0 amide bonds. The van der Waals surface area contributed by atoms with Gasteiger partial charge in [0.1, 0.15) is 5.75 Å². The molecule has 0 aliphatic carbocycles. The Morgan fingerprint density at radius 2 is 1.96 bits per heavy atom. The molecule has 1 heterocycles. The Balaban J connectivity index is 1.39. The van der Waals surface area contributed by atoms with Crippen LogP contribution in [0, 0.1) is 5.92 Å². The summed E-state index contributed by atoms with van der Waals surface area (Å²) in [6.45, 7) is 5.54. The molecule has 2 aromatic carbocycles. The zero-order valence-corrected chi connectivity index (χ0v) is 14.2. The second kappa shape index (κ2) is 8.47. The quantitative estimate of drug-likeness (QED) is 0.684. The van der Waals surface area contributed by atoms with E-state index in [9.17, 15) is 10.2 Å². The van der Waals surface area contributed by atoms with Gasteiger partial charge in [-0.25, -0.2) is 0 Å². The second-order valence-corrected chi connectivity index (χ2v) is 6.89. The first-order valence-corrected chi connectivity index (χ1v) is 9.00. The lowest BCUT2D eigenvalue weighted by molar-refractivity contribution is 0.119. The van der Waals surface area contributed by atoms with E-state index in [-0.39, 0.29) is 0 Å². The van der Waals surface area contributed by atoms with Crippen molar-refractivity contribution in [3.63, 3.8) is 0 Å². The van der Waals surface area contributed by atoms with Gasteiger partial charge in [-0.2, -0.15) is 0 Å². The van der Waals surface area contributed by atoms with Gasteiger partial charge in [0, 0.05) is 19.7 Å². The fraction of sp³-hybridized carbons (Fsp3) is 0.500. The molecular formula is C20H28N2O2. The molecule has 0 aromatic heterocycles. The molecule has 4 heteroatoms. The number of aliphatic hydroxyl groups excluding tert-OH is 1. The van der Waals surface area contributed by atoms with Crippen LogP contribution in [0.2, 0.25) is 0 Å². The number of phenols is 1. The van der Waals surface area contributed by atoms with Gasteiger partial charge >= 0.3 is 0 Å². The lowest BCUT2D eigenvalue weighted by atomic mass is 9.99. The number of hydrogen-bond donors (Lipinski definition) is 3. The number of nitrogens with one attached hydrogen (secondary N) is 1. The predicted octanol–water partition coefficient (Wildman–Crippen LogP) is 2.73. The van der Waals surface area contributed by atoms with E-state index in [1.807, 2.05) is 6.07 Å². The molecule has 1 aliphatic rings. The van der Waals surface area contributed by atoms with Crippen LogP contribution in [0.3, 0.4) is 0 Å². The molecule has 0 spiro atoms. The highest BCUT2D eigenvalue weighted by atomic mass is 16.3. The Hall–Kier alpha value is -1.62. The number of benzene rings is 2. The van der Waals surface area contributed by atoms with Gasteiger partial charge in [0.05, 0.1) is 0 Å². The van der Waals surface area contributed by atoms with Crippen LogP contribution in [-0.4, -0.2) is 47.9 Å². The molecule has 1 aliphatic heterocycles. The number of phenolic OH excluding ortho intramolecular Hbond substituents is 1. The number of piperidine rings is 1. The van der Waals surface area contributed by atoms with Gasteiger partial charge in [0.25, 0.3) is 0 Å². The van der Waals surface area contributed by atoms with E-state index < -0.39 is 0 Å². The van der Waals surface area contributed by atoms with Crippen molar-refractivity contribution in [2.24, 2.45) is 5.92 Å². The SMILES string of the molecule is OCC1CCCN(CCCNCc2ccc3cc(O)ccc3c2)C1. The van der Waals surface area contributed by atoms with E-state index in [1.54, 1.807) is 12.1 Å². The molecule has 3 rings (SSSR count). The number of aromatic hydroxyl groups is 1. The summed E-state index contributed by atoms with van der Waals surface area (Å²) in [5.74, 6) is 0.790. The van der Waals surface area contributed by atoms with E-state index in [2.05, 4.69) is 28.4 Å². The Morgan fingerprint density at radius 1 is 1.12 bits per heavy atom. The molecule has 2 aromatic rings. The number of fused-ring (bicyclic) bond motifs is 1. The third-order valence-electron chi connectivity index (χ3n) is 4.91. The summed E-state index contributed by atoms with van der Waals surface area (Å²) in [6.07, 6.45) is 3.52. The van der Waals surface area contributed by atoms with Gasteiger partial charge < -0.3 is 20.4 Å². The van der Waals surface area contributed by atoms with Gasteiger partial charge in [0.15, 0.2) is 0 Å². The fourth-order valence-electron chi connectivity index (χ4n) is 3.56. The van der Waals surface area contributed by atoms with Crippen molar-refractivity contribution >= 4 is 10.8 Å². The highest BCUT2D eigenvalue weighted by Crippen LogP contribution is 2.21. The Kier molecular flexibility index (Phi) is 6.07. The number of likely N-dealkylation sites (tertiary alicyclic amines) is 1. The predicted molar refractivity (Wildman–Crippen MR) is 98.2 cm³/mol. The molecule has 0 bridgehead atoms. The maximum Gasteiger partial charge on any atom is 0.116 e. The van der Waals surface area contributed by atoms with Crippen LogP contribution in [0.15, 0.2) is 36.4 Å². The van der Waals surface area contributed by atoms with Crippen molar-refractivity contribution < 1.29 is 10.2 Å². The van der Waals surface area contributed by atoms with E-state index in [1.165, 1.54) is 24.9 Å². The van der Waals surface area contributed by atoms with Crippen molar-refractivity contribution in [3.05, 3.63) is 42.0 Å². The van der Waals surface area contributed by atoms with Gasteiger partial charge in [-0.1, -0.05) is 18.2 Å². The Labute approximate surface area is 144 Å². The minimum Gasteiger partial charge on any atom is -0.508 e. The third kappa shape index (κ3) is 4.69. The van der Waals surface area contributed by atoms with Gasteiger partial charge in [0.2, 0.25) is 0 Å². The summed E-state index contributed by atoms with van der Waals surface area (Å²) in [5, 5.41) is 24.5. The van der Waals surface area contributed by atoms with Crippen LogP contribution < -0.4 is 5.32 Å². The monoisotopic (exact) mass is 328 g/mol. The van der Waals surface area contributed by atoms with Crippen molar-refractivity contribution in [1.29, 1.82) is 0 Å². The average Bonchev–Trinajstić information content (AvgIpc) is 2.61. The van der Waals surface area contributed by atoms with E-state index in [0.717, 1.165) is 43.4 Å². The van der Waals surface area contributed by atoms with Crippen molar-refractivity contribution in [3.8, 4) is 5.75 Å². The van der Waals surface area contributed by atoms with Crippen LogP contribution in [0.5, 0.6) is 5.75 Å². The first-order valence-electron chi connectivity index (χ1n) is 9.00. The zero-order chi connectivity index (χ0) is 16.8. The van der Waals surface area contributed by atoms with Gasteiger partial charge in [-0.3, -0.25) is 0 Å². The van der Waals surface area contributed by atoms with Gasteiger partial charge in [-0.05, 0) is 79.3 Å². The van der Waals surface area contributed by atoms with Crippen LogP contribution in [0.25, 0.3) is 10.8 Å². The number of aliphatic hydroxyl groups is 1. The summed E-state index contributed by atoms with van der Waals surface area (Å²) in [7, 11) is 0. The van der Waals surface area contributed by atoms with Crippen molar-refractivity contribution in [2.75, 3.05) is 32.8 Å². The van der Waals surface area contributed by atoms with E-state index >= 15 is 0 Å². The molecule has 1 fully saturated rings. The third-order valence-corrected chi connectivity index (χ3v) is 4.91. The second-order valence-electron chi connectivity index (χ2n) is 6.89. The van der Waals surface area contributed by atoms with Crippen LogP contribution in [-0.2, 0) is 6.54 Å². The lowest BCUT2D eigenvalue weighted by Crippen LogP contribution is -2.38. The summed E-state index contributed by atoms with van der Waals surface area (Å²) < 4.78 is 0. The van der Waals surface area contributed by atoms with E-state index in [4.69, 9.17) is 0 Å². The zero-order valence-electron chi connectivity index (χ0n) is 14.2.